The van der Waals surface area contributed by atoms with Crippen molar-refractivity contribution in [2.45, 2.75) is 0 Å². The molecule has 1 aliphatic rings. The molecule has 1 amide bonds. The second-order valence-electron chi connectivity index (χ2n) is 8.21. The average molecular weight is 486 g/mol. The number of amides is 1. The van der Waals surface area contributed by atoms with Crippen molar-refractivity contribution < 1.29 is 14.0 Å². The van der Waals surface area contributed by atoms with E-state index in [9.17, 15) is 14.0 Å². The number of benzene rings is 1. The Hall–Kier alpha value is -4.94. The van der Waals surface area contributed by atoms with Gasteiger partial charge >= 0.3 is 0 Å². The van der Waals surface area contributed by atoms with E-state index in [4.69, 9.17) is 0 Å². The number of aromatic nitrogens is 8. The topological polar surface area (TPSA) is 142 Å². The zero-order valence-corrected chi connectivity index (χ0v) is 18.8. The van der Waals surface area contributed by atoms with E-state index in [2.05, 4.69) is 35.7 Å². The van der Waals surface area contributed by atoms with Crippen LogP contribution in [-0.4, -0.2) is 83.1 Å². The van der Waals surface area contributed by atoms with E-state index in [-0.39, 0.29) is 22.3 Å². The van der Waals surface area contributed by atoms with Gasteiger partial charge in [-0.1, -0.05) is 40.8 Å². The fourth-order valence-electron chi connectivity index (χ4n) is 4.39. The second-order valence-corrected chi connectivity index (χ2v) is 8.21. The van der Waals surface area contributed by atoms with Crippen LogP contribution >= 0.6 is 0 Å². The number of halogens is 1. The molecule has 0 atom stereocenters. The lowest BCUT2D eigenvalue weighted by Gasteiger charge is -2.35. The predicted molar refractivity (Wildman–Crippen MR) is 126 cm³/mol. The number of nitrogens with zero attached hydrogens (tertiary/aromatic N) is 8. The third-order valence-corrected chi connectivity index (χ3v) is 6.18. The van der Waals surface area contributed by atoms with Crippen LogP contribution in [0.5, 0.6) is 0 Å². The fraction of sp³-hybridized carbons (Fsp3) is 0.174. The van der Waals surface area contributed by atoms with Crippen molar-refractivity contribution in [3.63, 3.8) is 0 Å². The van der Waals surface area contributed by atoms with Gasteiger partial charge in [0.05, 0.1) is 35.1 Å². The van der Waals surface area contributed by atoms with E-state index >= 15 is 0 Å². The van der Waals surface area contributed by atoms with Crippen molar-refractivity contribution in [1.29, 1.82) is 0 Å². The highest BCUT2D eigenvalue weighted by Crippen LogP contribution is 2.28. The van der Waals surface area contributed by atoms with E-state index in [1.54, 1.807) is 6.20 Å². The van der Waals surface area contributed by atoms with Crippen LogP contribution in [-0.2, 0) is 4.79 Å². The van der Waals surface area contributed by atoms with Crippen molar-refractivity contribution in [2.24, 2.45) is 0 Å². The number of H-pyrrole nitrogens is 2. The summed E-state index contributed by atoms with van der Waals surface area (Å²) in [5, 5.41) is 18.7. The summed E-state index contributed by atoms with van der Waals surface area (Å²) in [6, 6.07) is 9.67. The SMILES string of the molecule is O=C(C(=O)N1CCN(c2[nH]nnc2-c2ccccc2)CC1)c1c[nH]c2c(-n3ccnn3)ncc(F)c12. The maximum Gasteiger partial charge on any atom is 0.295 e. The Labute approximate surface area is 202 Å². The lowest BCUT2D eigenvalue weighted by molar-refractivity contribution is -0.126. The first-order chi connectivity index (χ1) is 17.6. The molecule has 5 aromatic rings. The van der Waals surface area contributed by atoms with Crippen LogP contribution in [0, 0.1) is 5.82 Å². The molecule has 0 bridgehead atoms. The molecule has 0 saturated carbocycles. The molecule has 180 valence electrons. The van der Waals surface area contributed by atoms with Crippen LogP contribution in [0.2, 0.25) is 0 Å². The molecule has 0 spiro atoms. The van der Waals surface area contributed by atoms with Crippen LogP contribution in [0.15, 0.2) is 55.1 Å². The molecule has 13 heteroatoms. The smallest absolute Gasteiger partial charge is 0.295 e. The van der Waals surface area contributed by atoms with Crippen molar-refractivity contribution in [2.75, 3.05) is 31.1 Å². The zero-order valence-electron chi connectivity index (χ0n) is 18.8. The summed E-state index contributed by atoms with van der Waals surface area (Å²) in [5.41, 5.74) is 1.85. The maximum atomic E-state index is 14.7. The third kappa shape index (κ3) is 3.57. The highest BCUT2D eigenvalue weighted by atomic mass is 19.1. The maximum absolute atomic E-state index is 14.7. The molecule has 2 N–H and O–H groups in total. The van der Waals surface area contributed by atoms with Gasteiger partial charge in [-0.05, 0) is 0 Å². The number of nitrogens with one attached hydrogen (secondary N) is 2. The molecule has 1 aliphatic heterocycles. The van der Waals surface area contributed by atoms with Gasteiger partial charge in [-0.2, -0.15) is 0 Å². The van der Waals surface area contributed by atoms with Gasteiger partial charge in [0.2, 0.25) is 0 Å². The molecule has 12 nitrogen and oxygen atoms in total. The van der Waals surface area contributed by atoms with Crippen LogP contribution in [0.4, 0.5) is 10.2 Å². The van der Waals surface area contributed by atoms with Gasteiger partial charge in [0.25, 0.3) is 11.7 Å². The van der Waals surface area contributed by atoms with E-state index in [0.717, 1.165) is 23.3 Å². The summed E-state index contributed by atoms with van der Waals surface area (Å²) < 4.78 is 16.1. The monoisotopic (exact) mass is 486 g/mol. The largest absolute Gasteiger partial charge is 0.357 e. The van der Waals surface area contributed by atoms with E-state index < -0.39 is 17.5 Å². The molecule has 36 heavy (non-hydrogen) atoms. The van der Waals surface area contributed by atoms with Crippen molar-refractivity contribution >= 4 is 28.4 Å². The summed E-state index contributed by atoms with van der Waals surface area (Å²) in [4.78, 5) is 36.7. The summed E-state index contributed by atoms with van der Waals surface area (Å²) in [6.07, 6.45) is 5.33. The summed E-state index contributed by atoms with van der Waals surface area (Å²) in [5.74, 6) is -1.17. The molecule has 5 heterocycles. The molecule has 1 fully saturated rings. The number of piperazine rings is 1. The first kappa shape index (κ1) is 21.6. The minimum atomic E-state index is -0.794. The Kier molecular flexibility index (Phi) is 5.21. The highest BCUT2D eigenvalue weighted by molar-refractivity contribution is 6.45. The number of anilines is 1. The summed E-state index contributed by atoms with van der Waals surface area (Å²) >= 11 is 0. The fourth-order valence-corrected chi connectivity index (χ4v) is 4.39. The Morgan fingerprint density at radius 1 is 1.06 bits per heavy atom. The van der Waals surface area contributed by atoms with E-state index in [1.807, 2.05) is 35.2 Å². The average Bonchev–Trinajstić information content (AvgIpc) is 3.70. The Morgan fingerprint density at radius 2 is 1.86 bits per heavy atom. The number of ketones is 1. The molecule has 4 aromatic heterocycles. The van der Waals surface area contributed by atoms with Gasteiger partial charge in [-0.3, -0.25) is 9.59 Å². The Bertz CT molecular complexity index is 1550. The normalized spacial score (nSPS) is 13.9. The summed E-state index contributed by atoms with van der Waals surface area (Å²) in [6.45, 7) is 1.58. The number of carbonyl (C=O) groups is 2. The first-order valence-corrected chi connectivity index (χ1v) is 11.2. The predicted octanol–water partition coefficient (Wildman–Crippen LogP) is 1.60. The molecule has 0 radical (unpaired) electrons. The lowest BCUT2D eigenvalue weighted by Crippen LogP contribution is -2.50. The van der Waals surface area contributed by atoms with Crippen LogP contribution < -0.4 is 4.90 Å². The standard InChI is InChI=1S/C23H19FN10O2/c24-16-13-26-21(34-7-6-27-31-34)19-17(16)15(12-25-19)20(35)23(36)33-10-8-32(9-11-33)22-18(28-30-29-22)14-4-2-1-3-5-14/h1-7,12-13,25H,8-11H2,(H,28,29,30). The van der Waals surface area contributed by atoms with Gasteiger partial charge in [0, 0.05) is 37.9 Å². The summed E-state index contributed by atoms with van der Waals surface area (Å²) in [7, 11) is 0. The number of hydrogen-bond donors (Lipinski definition) is 2. The molecule has 0 aliphatic carbocycles. The van der Waals surface area contributed by atoms with Gasteiger partial charge in [0.15, 0.2) is 17.5 Å². The zero-order chi connectivity index (χ0) is 24.6. The van der Waals surface area contributed by atoms with Gasteiger partial charge in [0.1, 0.15) is 5.69 Å². The number of Topliss-reactive ketones (excluding diaryl/α,β-unsaturated/α-hetero) is 1. The quantitative estimate of drug-likeness (QED) is 0.282. The van der Waals surface area contributed by atoms with Crippen molar-refractivity contribution in [1.82, 2.24) is 45.3 Å². The molecule has 6 rings (SSSR count). The van der Waals surface area contributed by atoms with Gasteiger partial charge in [-0.15, -0.1) is 10.2 Å². The molecule has 1 aromatic carbocycles. The van der Waals surface area contributed by atoms with Crippen molar-refractivity contribution in [3.8, 4) is 17.1 Å². The van der Waals surface area contributed by atoms with Crippen LogP contribution in [0.25, 0.3) is 28.0 Å². The van der Waals surface area contributed by atoms with Crippen LogP contribution in [0.1, 0.15) is 10.4 Å². The molecule has 1 saturated heterocycles. The van der Waals surface area contributed by atoms with Gasteiger partial charge in [-0.25, -0.2) is 19.2 Å². The van der Waals surface area contributed by atoms with E-state index in [1.165, 1.54) is 22.0 Å². The number of rotatable bonds is 5. The number of carbonyl (C=O) groups excluding carboxylic acids is 2. The van der Waals surface area contributed by atoms with Crippen molar-refractivity contribution in [3.05, 3.63) is 66.5 Å². The number of aromatic amines is 2. The third-order valence-electron chi connectivity index (χ3n) is 6.18. The molecular formula is C23H19FN10O2. The number of hydrogen-bond acceptors (Lipinski definition) is 8. The van der Waals surface area contributed by atoms with Gasteiger partial charge < -0.3 is 14.8 Å². The lowest BCUT2D eigenvalue weighted by atomic mass is 10.1. The number of pyridine rings is 1. The number of fused-ring (bicyclic) bond motifs is 1. The van der Waals surface area contributed by atoms with E-state index in [0.29, 0.717) is 26.2 Å². The molecule has 0 unspecified atom stereocenters. The molecular weight excluding hydrogens is 467 g/mol. The minimum absolute atomic E-state index is 0.0106. The Morgan fingerprint density at radius 3 is 2.61 bits per heavy atom. The second kappa shape index (κ2) is 8.69. The highest BCUT2D eigenvalue weighted by Gasteiger charge is 2.31. The minimum Gasteiger partial charge on any atom is -0.357 e. The van der Waals surface area contributed by atoms with Crippen LogP contribution in [0.3, 0.4) is 0 Å². The Balaban J connectivity index is 1.21. The first-order valence-electron chi connectivity index (χ1n) is 11.2.